The fraction of sp³-hybridized carbons (Fsp3) is 0.632. The average molecular weight is 287 g/mol. The molecule has 116 valence electrons. The smallest absolute Gasteiger partial charge is 0.164 e. The van der Waals surface area contributed by atoms with Crippen LogP contribution in [-0.4, -0.2) is 30.3 Å². The molecular formula is C19H29NO. The second-order valence-corrected chi connectivity index (χ2v) is 6.56. The summed E-state index contributed by atoms with van der Waals surface area (Å²) in [7, 11) is 0. The number of hydrogen-bond acceptors (Lipinski definition) is 2. The monoisotopic (exact) mass is 287 g/mol. The van der Waals surface area contributed by atoms with E-state index < -0.39 is 0 Å². The van der Waals surface area contributed by atoms with Gasteiger partial charge in [-0.25, -0.2) is 0 Å². The lowest BCUT2D eigenvalue weighted by Gasteiger charge is -2.20. The van der Waals surface area contributed by atoms with Crippen molar-refractivity contribution in [1.82, 2.24) is 4.90 Å². The number of ketones is 1. The van der Waals surface area contributed by atoms with E-state index in [0.29, 0.717) is 12.2 Å². The maximum absolute atomic E-state index is 12.7. The Morgan fingerprint density at radius 3 is 2.00 bits per heavy atom. The molecule has 1 fully saturated rings. The molecule has 21 heavy (non-hydrogen) atoms. The van der Waals surface area contributed by atoms with Crippen molar-refractivity contribution in [1.29, 1.82) is 0 Å². The highest BCUT2D eigenvalue weighted by Crippen LogP contribution is 2.23. The quantitative estimate of drug-likeness (QED) is 0.766. The highest BCUT2D eigenvalue weighted by molar-refractivity contribution is 5.99. The first kappa shape index (κ1) is 16.2. The van der Waals surface area contributed by atoms with E-state index in [9.17, 15) is 4.79 Å². The Balaban J connectivity index is 2.06. The molecular weight excluding hydrogens is 258 g/mol. The summed E-state index contributed by atoms with van der Waals surface area (Å²) >= 11 is 0. The zero-order valence-electron chi connectivity index (χ0n) is 14.1. The van der Waals surface area contributed by atoms with Crippen LogP contribution < -0.4 is 0 Å². The van der Waals surface area contributed by atoms with Gasteiger partial charge in [-0.1, -0.05) is 18.9 Å². The predicted octanol–water partition coefficient (Wildman–Crippen LogP) is 4.37. The van der Waals surface area contributed by atoms with E-state index in [2.05, 4.69) is 38.7 Å². The van der Waals surface area contributed by atoms with Gasteiger partial charge < -0.3 is 4.90 Å². The van der Waals surface area contributed by atoms with E-state index >= 15 is 0 Å². The molecule has 0 bridgehead atoms. The molecule has 0 spiro atoms. The Morgan fingerprint density at radius 1 is 0.952 bits per heavy atom. The summed E-state index contributed by atoms with van der Waals surface area (Å²) in [5.41, 5.74) is 5.77. The van der Waals surface area contributed by atoms with Crippen molar-refractivity contribution in [2.24, 2.45) is 0 Å². The lowest BCUT2D eigenvalue weighted by molar-refractivity contribution is 0.0963. The van der Waals surface area contributed by atoms with Gasteiger partial charge in [0.15, 0.2) is 5.78 Å². The number of nitrogens with zero attached hydrogens (tertiary/aromatic N) is 1. The molecule has 0 saturated carbocycles. The molecule has 2 nitrogen and oxygen atoms in total. The average Bonchev–Trinajstić information content (AvgIpc) is 2.72. The van der Waals surface area contributed by atoms with Gasteiger partial charge in [-0.15, -0.1) is 0 Å². The summed E-state index contributed by atoms with van der Waals surface area (Å²) in [5, 5.41) is 0. The van der Waals surface area contributed by atoms with Crippen molar-refractivity contribution < 1.29 is 4.79 Å². The Bertz CT molecular complexity index is 485. The number of likely N-dealkylation sites (tertiary alicyclic amines) is 1. The van der Waals surface area contributed by atoms with E-state index in [1.54, 1.807) is 0 Å². The molecule has 0 aliphatic carbocycles. The summed E-state index contributed by atoms with van der Waals surface area (Å²) in [6.45, 7) is 11.6. The molecule has 1 aliphatic heterocycles. The molecule has 0 unspecified atom stereocenters. The minimum Gasteiger partial charge on any atom is -0.303 e. The molecule has 1 aromatic carbocycles. The van der Waals surface area contributed by atoms with Gasteiger partial charge in [0.2, 0.25) is 0 Å². The third-order valence-corrected chi connectivity index (χ3v) is 5.00. The van der Waals surface area contributed by atoms with Gasteiger partial charge in [0.1, 0.15) is 0 Å². The highest BCUT2D eigenvalue weighted by atomic mass is 16.1. The molecule has 1 aliphatic rings. The fourth-order valence-corrected chi connectivity index (χ4v) is 3.38. The van der Waals surface area contributed by atoms with Gasteiger partial charge in [-0.05, 0) is 75.9 Å². The van der Waals surface area contributed by atoms with Crippen molar-refractivity contribution in [2.75, 3.05) is 19.6 Å². The van der Waals surface area contributed by atoms with Gasteiger partial charge in [0.05, 0.1) is 0 Å². The first-order chi connectivity index (χ1) is 10.0. The number of benzene rings is 1. The Kier molecular flexibility index (Phi) is 5.58. The summed E-state index contributed by atoms with van der Waals surface area (Å²) in [6, 6.07) is 2.19. The number of aryl methyl sites for hydroxylation is 2. The Hall–Kier alpha value is -1.15. The number of carbonyl (C=O) groups excluding carboxylic acids is 1. The van der Waals surface area contributed by atoms with Crippen LogP contribution in [0.15, 0.2) is 6.07 Å². The third-order valence-electron chi connectivity index (χ3n) is 5.00. The zero-order valence-corrected chi connectivity index (χ0v) is 14.1. The van der Waals surface area contributed by atoms with Crippen molar-refractivity contribution in [3.63, 3.8) is 0 Å². The number of Topliss-reactive ketones (excluding diaryl/α,β-unsaturated/α-hetero) is 1. The van der Waals surface area contributed by atoms with Crippen molar-refractivity contribution in [2.45, 2.75) is 59.8 Å². The van der Waals surface area contributed by atoms with Crippen LogP contribution >= 0.6 is 0 Å². The maximum atomic E-state index is 12.7. The first-order valence-corrected chi connectivity index (χ1v) is 8.33. The minimum absolute atomic E-state index is 0.320. The third kappa shape index (κ3) is 3.94. The molecule has 0 atom stereocenters. The molecule has 0 aromatic heterocycles. The van der Waals surface area contributed by atoms with Gasteiger partial charge in [0, 0.05) is 18.5 Å². The molecule has 0 radical (unpaired) electrons. The lowest BCUT2D eigenvalue weighted by atomic mass is 9.91. The van der Waals surface area contributed by atoms with E-state index in [1.807, 2.05) is 0 Å². The fourth-order valence-electron chi connectivity index (χ4n) is 3.38. The molecule has 2 heteroatoms. The molecule has 1 heterocycles. The van der Waals surface area contributed by atoms with Crippen LogP contribution in [0.4, 0.5) is 0 Å². The largest absolute Gasteiger partial charge is 0.303 e. The number of hydrogen-bond donors (Lipinski definition) is 0. The van der Waals surface area contributed by atoms with E-state index in [4.69, 9.17) is 0 Å². The second kappa shape index (κ2) is 7.22. The maximum Gasteiger partial charge on any atom is 0.164 e. The molecule has 0 N–H and O–H groups in total. The normalized spacial score (nSPS) is 16.8. The van der Waals surface area contributed by atoms with Crippen LogP contribution in [0.1, 0.15) is 64.7 Å². The van der Waals surface area contributed by atoms with Crippen LogP contribution in [0.5, 0.6) is 0 Å². The van der Waals surface area contributed by atoms with Gasteiger partial charge in [-0.3, -0.25) is 4.79 Å². The van der Waals surface area contributed by atoms with Gasteiger partial charge >= 0.3 is 0 Å². The standard InChI is InChI=1S/C19H29NO/c1-14-13-15(2)17(4)19(16(14)3)18(21)9-12-20-10-7-5-6-8-11-20/h13H,5-12H2,1-4H3. The molecule has 2 rings (SSSR count). The Morgan fingerprint density at radius 2 is 1.48 bits per heavy atom. The molecule has 1 saturated heterocycles. The molecule has 0 amide bonds. The first-order valence-electron chi connectivity index (χ1n) is 8.33. The predicted molar refractivity (Wildman–Crippen MR) is 89.2 cm³/mol. The zero-order chi connectivity index (χ0) is 15.4. The van der Waals surface area contributed by atoms with Crippen molar-refractivity contribution in [3.05, 3.63) is 33.9 Å². The molecule has 1 aromatic rings. The van der Waals surface area contributed by atoms with E-state index in [-0.39, 0.29) is 0 Å². The lowest BCUT2D eigenvalue weighted by Crippen LogP contribution is -2.27. The summed E-state index contributed by atoms with van der Waals surface area (Å²) in [4.78, 5) is 15.2. The van der Waals surface area contributed by atoms with Crippen LogP contribution in [0, 0.1) is 27.7 Å². The van der Waals surface area contributed by atoms with Crippen LogP contribution in [0.25, 0.3) is 0 Å². The van der Waals surface area contributed by atoms with Crippen molar-refractivity contribution in [3.8, 4) is 0 Å². The van der Waals surface area contributed by atoms with Crippen LogP contribution in [-0.2, 0) is 0 Å². The summed E-state index contributed by atoms with van der Waals surface area (Å²) in [5.74, 6) is 0.320. The summed E-state index contributed by atoms with van der Waals surface area (Å²) in [6.07, 6.45) is 5.93. The number of carbonyl (C=O) groups is 1. The topological polar surface area (TPSA) is 20.3 Å². The van der Waals surface area contributed by atoms with E-state index in [1.165, 1.54) is 47.9 Å². The number of rotatable bonds is 4. The van der Waals surface area contributed by atoms with Gasteiger partial charge in [-0.2, -0.15) is 0 Å². The SMILES string of the molecule is Cc1cc(C)c(C)c(C(=O)CCN2CCCCCC2)c1C. The highest BCUT2D eigenvalue weighted by Gasteiger charge is 2.17. The summed E-state index contributed by atoms with van der Waals surface area (Å²) < 4.78 is 0. The minimum atomic E-state index is 0.320. The van der Waals surface area contributed by atoms with E-state index in [0.717, 1.165) is 25.2 Å². The van der Waals surface area contributed by atoms with Crippen LogP contribution in [0.3, 0.4) is 0 Å². The van der Waals surface area contributed by atoms with Gasteiger partial charge in [0.25, 0.3) is 0 Å². The van der Waals surface area contributed by atoms with Crippen molar-refractivity contribution >= 4 is 5.78 Å². The second-order valence-electron chi connectivity index (χ2n) is 6.56. The Labute approximate surface area is 129 Å². The van der Waals surface area contributed by atoms with Crippen LogP contribution in [0.2, 0.25) is 0 Å².